The van der Waals surface area contributed by atoms with E-state index in [9.17, 15) is 14.4 Å². The number of hydrogen-bond acceptors (Lipinski definition) is 6. The zero-order valence-electron chi connectivity index (χ0n) is 16.7. The number of anilines is 1. The van der Waals surface area contributed by atoms with E-state index in [0.717, 1.165) is 22.5 Å². The summed E-state index contributed by atoms with van der Waals surface area (Å²) in [6, 6.07) is 1.74. The highest BCUT2D eigenvalue weighted by atomic mass is 79.9. The maximum Gasteiger partial charge on any atom is 0.341 e. The summed E-state index contributed by atoms with van der Waals surface area (Å²) in [6.07, 6.45) is 0. The minimum atomic E-state index is -0.586. The van der Waals surface area contributed by atoms with Gasteiger partial charge < -0.3 is 14.8 Å². The molecule has 0 aliphatic heterocycles. The van der Waals surface area contributed by atoms with Crippen LogP contribution in [0.15, 0.2) is 10.5 Å². The highest BCUT2D eigenvalue weighted by molar-refractivity contribution is 9.10. The molecule has 1 aromatic carbocycles. The van der Waals surface area contributed by atoms with E-state index in [2.05, 4.69) is 21.2 Å². The van der Waals surface area contributed by atoms with E-state index < -0.39 is 11.9 Å². The molecule has 0 saturated heterocycles. The number of Topliss-reactive ketones (excluding diaryl/α,β-unsaturated/α-hetero) is 1. The third-order valence-corrected chi connectivity index (χ3v) is 7.00. The van der Waals surface area contributed by atoms with Gasteiger partial charge in [-0.05, 0) is 73.3 Å². The van der Waals surface area contributed by atoms with E-state index in [1.54, 1.807) is 19.9 Å². The van der Waals surface area contributed by atoms with Crippen molar-refractivity contribution in [2.24, 2.45) is 0 Å². The van der Waals surface area contributed by atoms with Gasteiger partial charge in [-0.2, -0.15) is 0 Å². The maximum atomic E-state index is 12.4. The Morgan fingerprint density at radius 2 is 1.86 bits per heavy atom. The van der Waals surface area contributed by atoms with E-state index in [1.807, 2.05) is 13.8 Å². The summed E-state index contributed by atoms with van der Waals surface area (Å²) in [6.45, 7) is 8.34. The number of esters is 1. The fraction of sp³-hybridized carbons (Fsp3) is 0.350. The van der Waals surface area contributed by atoms with Gasteiger partial charge in [0, 0.05) is 5.02 Å². The van der Waals surface area contributed by atoms with Crippen LogP contribution in [0, 0.1) is 20.8 Å². The lowest BCUT2D eigenvalue weighted by Gasteiger charge is -2.13. The average Bonchev–Trinajstić information content (AvgIpc) is 2.98. The number of ketones is 1. The van der Waals surface area contributed by atoms with Crippen molar-refractivity contribution in [1.29, 1.82) is 0 Å². The lowest BCUT2D eigenvalue weighted by molar-refractivity contribution is -0.118. The van der Waals surface area contributed by atoms with Crippen molar-refractivity contribution in [3.05, 3.63) is 42.7 Å². The van der Waals surface area contributed by atoms with Gasteiger partial charge >= 0.3 is 5.97 Å². The summed E-state index contributed by atoms with van der Waals surface area (Å²) in [7, 11) is 0. The van der Waals surface area contributed by atoms with Crippen LogP contribution in [0.5, 0.6) is 5.75 Å². The maximum absolute atomic E-state index is 12.4. The van der Waals surface area contributed by atoms with Crippen LogP contribution in [0.1, 0.15) is 50.6 Å². The van der Waals surface area contributed by atoms with Crippen LogP contribution >= 0.6 is 38.9 Å². The summed E-state index contributed by atoms with van der Waals surface area (Å²) in [4.78, 5) is 37.0. The number of aryl methyl sites for hydroxylation is 1. The zero-order chi connectivity index (χ0) is 21.9. The normalized spacial score (nSPS) is 10.6. The van der Waals surface area contributed by atoms with Gasteiger partial charge in [0.15, 0.2) is 12.4 Å². The number of hydrogen-bond donors (Lipinski definition) is 1. The number of carbonyl (C=O) groups excluding carboxylic acids is 3. The first-order chi connectivity index (χ1) is 13.6. The lowest BCUT2D eigenvalue weighted by atomic mass is 10.1. The SMILES string of the molecule is CCOC(=O)c1c(NC(=O)COc2cc(C)c(Cl)c(C)c2Br)sc(C(C)=O)c1C. The topological polar surface area (TPSA) is 81.7 Å². The predicted molar refractivity (Wildman–Crippen MR) is 118 cm³/mol. The number of carbonyl (C=O) groups is 3. The largest absolute Gasteiger partial charge is 0.483 e. The highest BCUT2D eigenvalue weighted by Gasteiger charge is 2.25. The number of ether oxygens (including phenoxy) is 2. The Morgan fingerprint density at radius 3 is 2.45 bits per heavy atom. The minimum Gasteiger partial charge on any atom is -0.483 e. The predicted octanol–water partition coefficient (Wildman–Crippen LogP) is 5.49. The van der Waals surface area contributed by atoms with Crippen molar-refractivity contribution in [3.8, 4) is 5.75 Å². The first-order valence-corrected chi connectivity index (χ1v) is 10.8. The van der Waals surface area contributed by atoms with Crippen LogP contribution in [0.4, 0.5) is 5.00 Å². The highest BCUT2D eigenvalue weighted by Crippen LogP contribution is 2.36. The van der Waals surface area contributed by atoms with Gasteiger partial charge in [0.2, 0.25) is 0 Å². The van der Waals surface area contributed by atoms with E-state index >= 15 is 0 Å². The van der Waals surface area contributed by atoms with Crippen LogP contribution < -0.4 is 10.1 Å². The van der Waals surface area contributed by atoms with Gasteiger partial charge in [0.05, 0.1) is 21.5 Å². The van der Waals surface area contributed by atoms with Crippen molar-refractivity contribution in [3.63, 3.8) is 0 Å². The summed E-state index contributed by atoms with van der Waals surface area (Å²) < 4.78 is 11.4. The van der Waals surface area contributed by atoms with Crippen molar-refractivity contribution >= 4 is 61.5 Å². The fourth-order valence-corrected chi connectivity index (χ4v) is 4.49. The Morgan fingerprint density at radius 1 is 1.21 bits per heavy atom. The Hall–Kier alpha value is -1.90. The van der Waals surface area contributed by atoms with E-state index in [0.29, 0.717) is 25.7 Å². The third-order valence-electron chi connectivity index (χ3n) is 4.13. The molecular weight excluding hydrogens is 482 g/mol. The van der Waals surface area contributed by atoms with E-state index in [4.69, 9.17) is 21.1 Å². The molecular formula is C20H21BrClNO5S. The van der Waals surface area contributed by atoms with E-state index in [1.165, 1.54) is 6.92 Å². The number of amides is 1. The van der Waals surface area contributed by atoms with Gasteiger partial charge in [-0.25, -0.2) is 4.79 Å². The molecule has 2 aromatic rings. The van der Waals surface area contributed by atoms with Crippen LogP contribution in [-0.2, 0) is 9.53 Å². The fourth-order valence-electron chi connectivity index (χ4n) is 2.70. The van der Waals surface area contributed by atoms with Gasteiger partial charge in [-0.15, -0.1) is 11.3 Å². The van der Waals surface area contributed by atoms with Crippen LogP contribution in [0.2, 0.25) is 5.02 Å². The summed E-state index contributed by atoms with van der Waals surface area (Å²) in [5, 5.41) is 3.55. The summed E-state index contributed by atoms with van der Waals surface area (Å²) >= 11 is 10.7. The Labute approximate surface area is 186 Å². The number of benzene rings is 1. The second-order valence-corrected chi connectivity index (χ2v) is 8.51. The molecule has 0 unspecified atom stereocenters. The Bertz CT molecular complexity index is 986. The molecule has 0 radical (unpaired) electrons. The molecule has 156 valence electrons. The van der Waals surface area contributed by atoms with Gasteiger partial charge in [-0.3, -0.25) is 9.59 Å². The molecule has 1 aromatic heterocycles. The minimum absolute atomic E-state index is 0.184. The first kappa shape index (κ1) is 23.4. The molecule has 29 heavy (non-hydrogen) atoms. The summed E-state index contributed by atoms with van der Waals surface area (Å²) in [5.41, 5.74) is 2.32. The molecule has 9 heteroatoms. The molecule has 0 atom stereocenters. The smallest absolute Gasteiger partial charge is 0.341 e. The van der Waals surface area contributed by atoms with Gasteiger partial charge in [0.25, 0.3) is 5.91 Å². The molecule has 0 fully saturated rings. The molecule has 0 aliphatic carbocycles. The van der Waals surface area contributed by atoms with Crippen LogP contribution in [0.25, 0.3) is 0 Å². The van der Waals surface area contributed by atoms with Crippen LogP contribution in [0.3, 0.4) is 0 Å². The second-order valence-electron chi connectivity index (χ2n) is 6.32. The zero-order valence-corrected chi connectivity index (χ0v) is 19.9. The summed E-state index contributed by atoms with van der Waals surface area (Å²) in [5.74, 6) is -0.761. The molecule has 0 aliphatic rings. The molecule has 6 nitrogen and oxygen atoms in total. The monoisotopic (exact) mass is 501 g/mol. The average molecular weight is 503 g/mol. The van der Waals surface area contributed by atoms with Crippen molar-refractivity contribution in [2.75, 3.05) is 18.5 Å². The third kappa shape index (κ3) is 5.18. The first-order valence-electron chi connectivity index (χ1n) is 8.77. The molecule has 1 heterocycles. The number of rotatable bonds is 7. The molecule has 0 bridgehead atoms. The Balaban J connectivity index is 2.22. The molecule has 2 rings (SSSR count). The lowest BCUT2D eigenvalue weighted by Crippen LogP contribution is -2.21. The van der Waals surface area contributed by atoms with Crippen molar-refractivity contribution in [2.45, 2.75) is 34.6 Å². The quantitative estimate of drug-likeness (QED) is 0.400. The Kier molecular flexibility index (Phi) is 7.85. The number of thiophene rings is 1. The van der Waals surface area contributed by atoms with Gasteiger partial charge in [-0.1, -0.05) is 11.6 Å². The number of nitrogens with one attached hydrogen (secondary N) is 1. The van der Waals surface area contributed by atoms with E-state index in [-0.39, 0.29) is 29.6 Å². The standard InChI is InChI=1S/C20H21BrClNO5S/c1-6-27-20(26)15-10(3)18(12(5)24)29-19(15)23-14(25)8-28-13-7-9(2)17(22)11(4)16(13)21/h7H,6,8H2,1-5H3,(H,23,25). The number of halogens is 2. The molecule has 0 spiro atoms. The second kappa shape index (κ2) is 9.73. The molecule has 1 N–H and O–H groups in total. The van der Waals surface area contributed by atoms with Crippen molar-refractivity contribution < 1.29 is 23.9 Å². The van der Waals surface area contributed by atoms with Crippen molar-refractivity contribution in [1.82, 2.24) is 0 Å². The molecule has 1 amide bonds. The van der Waals surface area contributed by atoms with Gasteiger partial charge in [0.1, 0.15) is 10.8 Å². The van der Waals surface area contributed by atoms with Crippen LogP contribution in [-0.4, -0.2) is 30.9 Å². The molecule has 0 saturated carbocycles.